The number of fused-ring (bicyclic) bond motifs is 1. The minimum absolute atomic E-state index is 0.0997. The quantitative estimate of drug-likeness (QED) is 0.803. The summed E-state index contributed by atoms with van der Waals surface area (Å²) in [7, 11) is 0. The van der Waals surface area contributed by atoms with Crippen molar-refractivity contribution in [3.63, 3.8) is 0 Å². The first kappa shape index (κ1) is 9.58. The van der Waals surface area contributed by atoms with Crippen LogP contribution in [0.15, 0.2) is 30.5 Å². The first-order chi connectivity index (χ1) is 7.16. The molecule has 0 unspecified atom stereocenters. The van der Waals surface area contributed by atoms with Crippen LogP contribution < -0.4 is 5.73 Å². The van der Waals surface area contributed by atoms with E-state index in [0.717, 1.165) is 0 Å². The Morgan fingerprint density at radius 3 is 2.93 bits per heavy atom. The van der Waals surface area contributed by atoms with Gasteiger partial charge in [0, 0.05) is 11.6 Å². The van der Waals surface area contributed by atoms with Gasteiger partial charge in [-0.1, -0.05) is 0 Å². The summed E-state index contributed by atoms with van der Waals surface area (Å²) < 4.78 is 13.0. The molecule has 2 rings (SSSR count). The molecule has 2 N–H and O–H groups in total. The van der Waals surface area contributed by atoms with Gasteiger partial charge in [-0.2, -0.15) is 0 Å². The Kier molecular flexibility index (Phi) is 2.33. The molecule has 0 radical (unpaired) electrons. The maximum atomic E-state index is 13.0. The predicted octanol–water partition coefficient (Wildman–Crippen LogP) is 1.40. The van der Waals surface area contributed by atoms with E-state index in [1.54, 1.807) is 18.3 Å². The number of aromatic nitrogens is 1. The second-order valence-electron chi connectivity index (χ2n) is 3.27. The van der Waals surface area contributed by atoms with Crippen molar-refractivity contribution >= 4 is 16.8 Å². The van der Waals surface area contributed by atoms with Crippen LogP contribution in [-0.2, 0) is 11.2 Å². The van der Waals surface area contributed by atoms with Gasteiger partial charge in [-0.15, -0.1) is 0 Å². The van der Waals surface area contributed by atoms with Crippen molar-refractivity contribution < 1.29 is 9.18 Å². The van der Waals surface area contributed by atoms with Crippen molar-refractivity contribution in [2.75, 3.05) is 0 Å². The molecule has 0 atom stereocenters. The number of pyridine rings is 1. The van der Waals surface area contributed by atoms with E-state index in [1.165, 1.54) is 12.1 Å². The van der Waals surface area contributed by atoms with E-state index in [4.69, 9.17) is 5.73 Å². The molecule has 0 aliphatic heterocycles. The molecule has 2 aromatic rings. The minimum Gasteiger partial charge on any atom is -0.369 e. The molecule has 3 nitrogen and oxygen atoms in total. The topological polar surface area (TPSA) is 56.0 Å². The number of amides is 1. The van der Waals surface area contributed by atoms with Gasteiger partial charge in [0.25, 0.3) is 0 Å². The highest BCUT2D eigenvalue weighted by Gasteiger charge is 2.05. The van der Waals surface area contributed by atoms with Gasteiger partial charge >= 0.3 is 0 Å². The summed E-state index contributed by atoms with van der Waals surface area (Å²) in [5.41, 5.74) is 6.46. The fraction of sp³-hybridized carbons (Fsp3) is 0.0909. The second-order valence-corrected chi connectivity index (χ2v) is 3.27. The number of benzene rings is 1. The molecule has 1 aromatic heterocycles. The van der Waals surface area contributed by atoms with E-state index in [0.29, 0.717) is 16.5 Å². The van der Waals surface area contributed by atoms with E-state index in [1.807, 2.05) is 0 Å². The highest BCUT2D eigenvalue weighted by atomic mass is 19.1. The molecule has 1 amide bonds. The number of carbonyl (C=O) groups is 1. The molecule has 0 aliphatic carbocycles. The monoisotopic (exact) mass is 204 g/mol. The van der Waals surface area contributed by atoms with Gasteiger partial charge in [-0.3, -0.25) is 9.78 Å². The average molecular weight is 204 g/mol. The summed E-state index contributed by atoms with van der Waals surface area (Å²) in [5, 5.41) is 0.635. The van der Waals surface area contributed by atoms with Crippen LogP contribution in [0.2, 0.25) is 0 Å². The highest BCUT2D eigenvalue weighted by Crippen LogP contribution is 2.18. The normalized spacial score (nSPS) is 10.5. The van der Waals surface area contributed by atoms with E-state index in [2.05, 4.69) is 4.98 Å². The molecular formula is C11H9FN2O. The maximum absolute atomic E-state index is 13.0. The molecule has 0 fully saturated rings. The molecule has 0 saturated heterocycles. The van der Waals surface area contributed by atoms with Crippen molar-refractivity contribution in [1.29, 1.82) is 0 Å². The molecule has 0 bridgehead atoms. The van der Waals surface area contributed by atoms with Gasteiger partial charge in [-0.05, 0) is 29.8 Å². The molecular weight excluding hydrogens is 195 g/mol. The van der Waals surface area contributed by atoms with E-state index in [-0.39, 0.29) is 12.2 Å². The SMILES string of the molecule is NC(=O)Cc1ccnc2ccc(F)cc12. The third-order valence-corrected chi connectivity index (χ3v) is 2.16. The first-order valence-corrected chi connectivity index (χ1v) is 4.48. The van der Waals surface area contributed by atoms with Crippen molar-refractivity contribution in [2.24, 2.45) is 5.73 Å². The second kappa shape index (κ2) is 3.65. The maximum Gasteiger partial charge on any atom is 0.221 e. The zero-order valence-corrected chi connectivity index (χ0v) is 7.90. The van der Waals surface area contributed by atoms with Crippen molar-refractivity contribution in [1.82, 2.24) is 4.98 Å². The number of hydrogen-bond donors (Lipinski definition) is 1. The molecule has 0 saturated carbocycles. The number of carbonyl (C=O) groups excluding carboxylic acids is 1. The number of nitrogens with two attached hydrogens (primary N) is 1. The standard InChI is InChI=1S/C11H9FN2O/c12-8-1-2-10-9(6-8)7(3-4-14-10)5-11(13)15/h1-4,6H,5H2,(H2,13,15). The Morgan fingerprint density at radius 1 is 1.40 bits per heavy atom. The van der Waals surface area contributed by atoms with Crippen LogP contribution in [0.25, 0.3) is 10.9 Å². The number of hydrogen-bond acceptors (Lipinski definition) is 2. The largest absolute Gasteiger partial charge is 0.369 e. The molecule has 0 spiro atoms. The Bertz CT molecular complexity index is 525. The van der Waals surface area contributed by atoms with E-state index in [9.17, 15) is 9.18 Å². The van der Waals surface area contributed by atoms with Crippen molar-refractivity contribution in [3.05, 3.63) is 41.8 Å². The molecule has 1 aromatic carbocycles. The van der Waals surface area contributed by atoms with Gasteiger partial charge in [0.2, 0.25) is 5.91 Å². The van der Waals surface area contributed by atoms with Crippen LogP contribution in [0.1, 0.15) is 5.56 Å². The fourth-order valence-electron chi connectivity index (χ4n) is 1.52. The van der Waals surface area contributed by atoms with Gasteiger partial charge in [-0.25, -0.2) is 4.39 Å². The Morgan fingerprint density at radius 2 is 2.20 bits per heavy atom. The average Bonchev–Trinajstić information content (AvgIpc) is 2.18. The number of primary amides is 1. The van der Waals surface area contributed by atoms with Crippen LogP contribution in [0.5, 0.6) is 0 Å². The third-order valence-electron chi connectivity index (χ3n) is 2.16. The van der Waals surface area contributed by atoms with Crippen LogP contribution >= 0.6 is 0 Å². The zero-order valence-electron chi connectivity index (χ0n) is 7.90. The summed E-state index contributed by atoms with van der Waals surface area (Å²) in [6, 6.07) is 5.95. The van der Waals surface area contributed by atoms with Gasteiger partial charge in [0.05, 0.1) is 11.9 Å². The van der Waals surface area contributed by atoms with Gasteiger partial charge in [0.1, 0.15) is 5.82 Å². The molecule has 4 heteroatoms. The Balaban J connectivity index is 2.63. The van der Waals surface area contributed by atoms with Crippen LogP contribution in [0.3, 0.4) is 0 Å². The molecule has 0 aliphatic rings. The van der Waals surface area contributed by atoms with Crippen molar-refractivity contribution in [2.45, 2.75) is 6.42 Å². The van der Waals surface area contributed by atoms with Gasteiger partial charge < -0.3 is 5.73 Å². The predicted molar refractivity (Wildman–Crippen MR) is 54.6 cm³/mol. The fourth-order valence-corrected chi connectivity index (χ4v) is 1.52. The smallest absolute Gasteiger partial charge is 0.221 e. The Labute approximate surface area is 85.7 Å². The molecule has 1 heterocycles. The van der Waals surface area contributed by atoms with E-state index < -0.39 is 5.91 Å². The zero-order chi connectivity index (χ0) is 10.8. The summed E-state index contributed by atoms with van der Waals surface area (Å²) >= 11 is 0. The number of nitrogens with zero attached hydrogens (tertiary/aromatic N) is 1. The van der Waals surface area contributed by atoms with Crippen LogP contribution in [0.4, 0.5) is 4.39 Å². The van der Waals surface area contributed by atoms with E-state index >= 15 is 0 Å². The summed E-state index contributed by atoms with van der Waals surface area (Å²) in [6.07, 6.45) is 1.68. The van der Waals surface area contributed by atoms with Gasteiger partial charge in [0.15, 0.2) is 0 Å². The van der Waals surface area contributed by atoms with Crippen LogP contribution in [0, 0.1) is 5.82 Å². The summed E-state index contributed by atoms with van der Waals surface area (Å²) in [6.45, 7) is 0. The lowest BCUT2D eigenvalue weighted by atomic mass is 10.1. The lowest BCUT2D eigenvalue weighted by molar-refractivity contribution is -0.117. The molecule has 76 valence electrons. The number of rotatable bonds is 2. The first-order valence-electron chi connectivity index (χ1n) is 4.48. The third kappa shape index (κ3) is 1.93. The lowest BCUT2D eigenvalue weighted by Crippen LogP contribution is -2.13. The Hall–Kier alpha value is -1.97. The molecule has 15 heavy (non-hydrogen) atoms. The summed E-state index contributed by atoms with van der Waals surface area (Å²) in [5.74, 6) is -0.784. The number of halogens is 1. The summed E-state index contributed by atoms with van der Waals surface area (Å²) in [4.78, 5) is 14.9. The van der Waals surface area contributed by atoms with Crippen LogP contribution in [-0.4, -0.2) is 10.9 Å². The highest BCUT2D eigenvalue weighted by molar-refractivity contribution is 5.87. The van der Waals surface area contributed by atoms with Crippen molar-refractivity contribution in [3.8, 4) is 0 Å². The lowest BCUT2D eigenvalue weighted by Gasteiger charge is -2.03. The minimum atomic E-state index is -0.438.